The van der Waals surface area contributed by atoms with Gasteiger partial charge in [-0.1, -0.05) is 75.4 Å². The summed E-state index contributed by atoms with van der Waals surface area (Å²) >= 11 is 1.19. The van der Waals surface area contributed by atoms with Crippen LogP contribution in [0.25, 0.3) is 22.3 Å². The maximum Gasteiger partial charge on any atom is 0.230 e. The lowest BCUT2D eigenvalue weighted by atomic mass is 9.95. The topological polar surface area (TPSA) is 69.2 Å². The first-order valence-corrected chi connectivity index (χ1v) is 9.45. The molecule has 0 atom stereocenters. The molecule has 0 bridgehead atoms. The van der Waals surface area contributed by atoms with Crippen LogP contribution in [0.3, 0.4) is 0 Å². The largest absolute Gasteiger partial charge is 0.545 e. The Morgan fingerprint density at radius 3 is 2.00 bits per heavy atom. The smallest absolute Gasteiger partial charge is 0.230 e. The van der Waals surface area contributed by atoms with E-state index in [1.165, 1.54) is 11.3 Å². The second-order valence-electron chi connectivity index (χ2n) is 7.29. The normalized spacial score (nSPS) is 11.2. The van der Waals surface area contributed by atoms with E-state index in [9.17, 15) is 14.7 Å². The summed E-state index contributed by atoms with van der Waals surface area (Å²) in [6.45, 7) is 5.33. The SMILES string of the molecule is CC(C)(C)C(=O)Nc1scc(-c2ccc(-c3ccccc3)cc2)c1C(=O)[O-]. The minimum Gasteiger partial charge on any atom is -0.545 e. The van der Waals surface area contributed by atoms with Crippen molar-refractivity contribution >= 4 is 28.2 Å². The molecule has 0 fully saturated rings. The molecule has 0 radical (unpaired) electrons. The monoisotopic (exact) mass is 378 g/mol. The maximum atomic E-state index is 12.2. The minimum atomic E-state index is -1.30. The van der Waals surface area contributed by atoms with Gasteiger partial charge >= 0.3 is 0 Å². The summed E-state index contributed by atoms with van der Waals surface area (Å²) in [6, 6.07) is 17.6. The zero-order valence-corrected chi connectivity index (χ0v) is 16.2. The van der Waals surface area contributed by atoms with E-state index in [0.717, 1.165) is 16.7 Å². The van der Waals surface area contributed by atoms with Crippen LogP contribution >= 0.6 is 11.3 Å². The standard InChI is InChI=1S/C22H21NO3S/c1-22(2,3)21(26)23-19-18(20(24)25)17(13-27-19)16-11-9-15(10-12-16)14-7-5-4-6-8-14/h4-13H,1-3H3,(H,23,26)(H,24,25)/p-1. The van der Waals surface area contributed by atoms with Crippen LogP contribution in [0.4, 0.5) is 5.00 Å². The lowest BCUT2D eigenvalue weighted by Crippen LogP contribution is -2.29. The number of nitrogens with one attached hydrogen (secondary N) is 1. The molecule has 1 amide bonds. The molecule has 0 unspecified atom stereocenters. The number of aromatic carboxylic acids is 1. The summed E-state index contributed by atoms with van der Waals surface area (Å²) in [4.78, 5) is 24.0. The van der Waals surface area contributed by atoms with Gasteiger partial charge < -0.3 is 15.2 Å². The number of carbonyl (C=O) groups excluding carboxylic acids is 2. The van der Waals surface area contributed by atoms with Crippen LogP contribution in [0.2, 0.25) is 0 Å². The van der Waals surface area contributed by atoms with Gasteiger partial charge in [0.25, 0.3) is 0 Å². The zero-order chi connectivity index (χ0) is 19.6. The summed E-state index contributed by atoms with van der Waals surface area (Å²) < 4.78 is 0. The predicted molar refractivity (Wildman–Crippen MR) is 108 cm³/mol. The third kappa shape index (κ3) is 4.09. The average Bonchev–Trinajstić information content (AvgIpc) is 3.05. The van der Waals surface area contributed by atoms with Gasteiger partial charge in [0.05, 0.1) is 5.97 Å². The number of carbonyl (C=O) groups is 2. The van der Waals surface area contributed by atoms with Crippen LogP contribution in [0.1, 0.15) is 31.1 Å². The van der Waals surface area contributed by atoms with Crippen molar-refractivity contribution in [3.05, 3.63) is 65.5 Å². The Morgan fingerprint density at radius 2 is 1.44 bits per heavy atom. The Labute approximate surface area is 162 Å². The molecule has 0 saturated heterocycles. The van der Waals surface area contributed by atoms with Gasteiger partial charge in [0.1, 0.15) is 5.00 Å². The van der Waals surface area contributed by atoms with Gasteiger partial charge in [-0.2, -0.15) is 0 Å². The Balaban J connectivity index is 1.95. The number of anilines is 1. The fraction of sp³-hybridized carbons (Fsp3) is 0.182. The molecule has 0 aliphatic rings. The van der Waals surface area contributed by atoms with Gasteiger partial charge in [-0.05, 0) is 16.7 Å². The van der Waals surface area contributed by atoms with Crippen LogP contribution in [0.5, 0.6) is 0 Å². The number of benzene rings is 2. The molecule has 5 heteroatoms. The summed E-state index contributed by atoms with van der Waals surface area (Å²) in [5, 5.41) is 16.5. The van der Waals surface area contributed by atoms with E-state index in [0.29, 0.717) is 10.6 Å². The van der Waals surface area contributed by atoms with E-state index in [4.69, 9.17) is 0 Å². The van der Waals surface area contributed by atoms with Gasteiger partial charge in [0.15, 0.2) is 0 Å². The Bertz CT molecular complexity index is 967. The molecule has 1 heterocycles. The molecule has 0 saturated carbocycles. The number of carboxylic acid groups (broad SMARTS) is 1. The lowest BCUT2D eigenvalue weighted by Gasteiger charge is -2.18. The molecular formula is C22H20NO3S-. The molecule has 1 aromatic heterocycles. The first-order valence-electron chi connectivity index (χ1n) is 8.57. The van der Waals surface area contributed by atoms with E-state index in [-0.39, 0.29) is 11.5 Å². The van der Waals surface area contributed by atoms with E-state index in [2.05, 4.69) is 5.32 Å². The highest BCUT2D eigenvalue weighted by molar-refractivity contribution is 7.15. The lowest BCUT2D eigenvalue weighted by molar-refractivity contribution is -0.254. The number of rotatable bonds is 4. The maximum absolute atomic E-state index is 12.2. The molecule has 0 aliphatic heterocycles. The Kier molecular flexibility index (Phi) is 5.15. The predicted octanol–water partition coefficient (Wildman–Crippen LogP) is 4.43. The minimum absolute atomic E-state index is 0.0186. The number of amides is 1. The highest BCUT2D eigenvalue weighted by Gasteiger charge is 2.24. The second-order valence-corrected chi connectivity index (χ2v) is 8.17. The Morgan fingerprint density at radius 1 is 0.889 bits per heavy atom. The molecule has 2 aromatic carbocycles. The number of hydrogen-bond acceptors (Lipinski definition) is 4. The first kappa shape index (κ1) is 18.9. The molecule has 3 rings (SSSR count). The molecule has 27 heavy (non-hydrogen) atoms. The summed E-state index contributed by atoms with van der Waals surface area (Å²) in [5.74, 6) is -1.54. The molecule has 4 nitrogen and oxygen atoms in total. The molecule has 1 N–H and O–H groups in total. The van der Waals surface area contributed by atoms with Gasteiger partial charge in [-0.15, -0.1) is 11.3 Å². The molecule has 0 spiro atoms. The van der Waals surface area contributed by atoms with Crippen molar-refractivity contribution in [2.45, 2.75) is 20.8 Å². The van der Waals surface area contributed by atoms with Crippen molar-refractivity contribution in [3.63, 3.8) is 0 Å². The van der Waals surface area contributed by atoms with Crippen molar-refractivity contribution in [1.82, 2.24) is 0 Å². The average molecular weight is 378 g/mol. The first-order chi connectivity index (χ1) is 12.8. The van der Waals surface area contributed by atoms with E-state index >= 15 is 0 Å². The summed E-state index contributed by atoms with van der Waals surface area (Å²) in [6.07, 6.45) is 0. The van der Waals surface area contributed by atoms with E-state index in [1.807, 2.05) is 54.6 Å². The van der Waals surface area contributed by atoms with E-state index < -0.39 is 11.4 Å². The third-order valence-electron chi connectivity index (χ3n) is 4.21. The van der Waals surface area contributed by atoms with Gasteiger partial charge in [0.2, 0.25) is 5.91 Å². The van der Waals surface area contributed by atoms with Crippen molar-refractivity contribution in [1.29, 1.82) is 0 Å². The quantitative estimate of drug-likeness (QED) is 0.730. The second kappa shape index (κ2) is 7.37. The fourth-order valence-corrected chi connectivity index (χ4v) is 3.58. The third-order valence-corrected chi connectivity index (χ3v) is 5.10. The van der Waals surface area contributed by atoms with Crippen molar-refractivity contribution < 1.29 is 14.7 Å². The summed E-state index contributed by atoms with van der Waals surface area (Å²) in [5.41, 5.74) is 2.85. The number of thiophene rings is 1. The zero-order valence-electron chi connectivity index (χ0n) is 15.4. The van der Waals surface area contributed by atoms with Crippen LogP contribution < -0.4 is 10.4 Å². The highest BCUT2D eigenvalue weighted by Crippen LogP contribution is 2.36. The van der Waals surface area contributed by atoms with Crippen LogP contribution in [0.15, 0.2) is 60.0 Å². The van der Waals surface area contributed by atoms with Crippen molar-refractivity contribution in [2.75, 3.05) is 5.32 Å². The number of carboxylic acids is 1. The van der Waals surface area contributed by atoms with Crippen molar-refractivity contribution in [3.8, 4) is 22.3 Å². The summed E-state index contributed by atoms with van der Waals surface area (Å²) in [7, 11) is 0. The highest BCUT2D eigenvalue weighted by atomic mass is 32.1. The molecule has 138 valence electrons. The fourth-order valence-electron chi connectivity index (χ4n) is 2.63. The number of hydrogen-bond donors (Lipinski definition) is 1. The Hall–Kier alpha value is -2.92. The van der Waals surface area contributed by atoms with Crippen LogP contribution in [-0.2, 0) is 4.79 Å². The van der Waals surface area contributed by atoms with E-state index in [1.54, 1.807) is 26.2 Å². The van der Waals surface area contributed by atoms with Crippen molar-refractivity contribution in [2.24, 2.45) is 5.41 Å². The van der Waals surface area contributed by atoms with Crippen LogP contribution in [0, 0.1) is 5.41 Å². The van der Waals surface area contributed by atoms with Gasteiger partial charge in [0, 0.05) is 21.9 Å². The van der Waals surface area contributed by atoms with Crippen LogP contribution in [-0.4, -0.2) is 11.9 Å². The van der Waals surface area contributed by atoms with Gasteiger partial charge in [-0.3, -0.25) is 4.79 Å². The molecule has 3 aromatic rings. The van der Waals surface area contributed by atoms with Gasteiger partial charge in [-0.25, -0.2) is 0 Å². The molecule has 0 aliphatic carbocycles. The molecular weight excluding hydrogens is 358 g/mol.